The highest BCUT2D eigenvalue weighted by Gasteiger charge is 2.38. The van der Waals surface area contributed by atoms with Crippen LogP contribution in [0.2, 0.25) is 0 Å². The molecule has 1 aromatic rings. The largest absolute Gasteiger partial charge is 0.354 e. The predicted molar refractivity (Wildman–Crippen MR) is 97.4 cm³/mol. The molecule has 7 heteroatoms. The summed E-state index contributed by atoms with van der Waals surface area (Å²) in [6.45, 7) is 0.404. The molecule has 0 spiro atoms. The fourth-order valence-corrected chi connectivity index (χ4v) is 4.72. The van der Waals surface area contributed by atoms with E-state index in [1.54, 1.807) is 0 Å². The van der Waals surface area contributed by atoms with Crippen LogP contribution in [0, 0.1) is 5.92 Å². The first kappa shape index (κ1) is 18.4. The third-order valence-electron chi connectivity index (χ3n) is 5.19. The molecule has 1 saturated carbocycles. The van der Waals surface area contributed by atoms with Crippen LogP contribution in [0.25, 0.3) is 0 Å². The number of carbonyl (C=O) groups is 1. The Balaban J connectivity index is 1.39. The first-order chi connectivity index (χ1) is 12.0. The van der Waals surface area contributed by atoms with Gasteiger partial charge in [0.05, 0.1) is 11.8 Å². The molecule has 2 fully saturated rings. The van der Waals surface area contributed by atoms with E-state index in [-0.39, 0.29) is 30.8 Å². The molecule has 25 heavy (non-hydrogen) atoms. The second-order valence-corrected chi connectivity index (χ2v) is 8.95. The quantitative estimate of drug-likeness (QED) is 0.676. The van der Waals surface area contributed by atoms with Crippen molar-refractivity contribution in [2.24, 2.45) is 5.92 Å². The van der Waals surface area contributed by atoms with Gasteiger partial charge in [-0.05, 0) is 30.7 Å². The van der Waals surface area contributed by atoms with Gasteiger partial charge < -0.3 is 10.6 Å². The van der Waals surface area contributed by atoms with Crippen molar-refractivity contribution in [1.29, 1.82) is 0 Å². The van der Waals surface area contributed by atoms with E-state index in [9.17, 15) is 13.2 Å². The lowest BCUT2D eigenvalue weighted by Crippen LogP contribution is -2.44. The summed E-state index contributed by atoms with van der Waals surface area (Å²) < 4.78 is 26.6. The predicted octanol–water partition coefficient (Wildman–Crippen LogP) is 1.14. The Morgan fingerprint density at radius 1 is 1.16 bits per heavy atom. The minimum atomic E-state index is -3.40. The van der Waals surface area contributed by atoms with Gasteiger partial charge in [-0.2, -0.15) is 0 Å². The number of fused-ring (bicyclic) bond motifs is 1. The van der Waals surface area contributed by atoms with E-state index in [4.69, 9.17) is 0 Å². The molecule has 3 atom stereocenters. The van der Waals surface area contributed by atoms with Gasteiger partial charge in [-0.1, -0.05) is 43.2 Å². The summed E-state index contributed by atoms with van der Waals surface area (Å²) in [4.78, 5) is 12.3. The lowest BCUT2D eigenvalue weighted by atomic mass is 9.85. The molecule has 1 aromatic carbocycles. The molecule has 0 aromatic heterocycles. The Morgan fingerprint density at radius 2 is 1.92 bits per heavy atom. The average molecular weight is 365 g/mol. The smallest absolute Gasteiger partial charge is 0.237 e. The zero-order valence-corrected chi connectivity index (χ0v) is 15.2. The highest BCUT2D eigenvalue weighted by atomic mass is 32.2. The maximum absolute atomic E-state index is 12.3. The highest BCUT2D eigenvalue weighted by molar-refractivity contribution is 7.89. The molecule has 1 aliphatic heterocycles. The van der Waals surface area contributed by atoms with E-state index in [0.717, 1.165) is 18.4 Å². The zero-order valence-electron chi connectivity index (χ0n) is 14.4. The van der Waals surface area contributed by atoms with Crippen molar-refractivity contribution >= 4 is 15.9 Å². The Bertz CT molecular complexity index is 664. The van der Waals surface area contributed by atoms with Crippen molar-refractivity contribution in [2.75, 3.05) is 12.3 Å². The molecule has 1 saturated heterocycles. The van der Waals surface area contributed by atoms with Crippen LogP contribution in [0.3, 0.4) is 0 Å². The van der Waals surface area contributed by atoms with Gasteiger partial charge in [0.1, 0.15) is 0 Å². The number of nitrogens with one attached hydrogen (secondary N) is 3. The van der Waals surface area contributed by atoms with Gasteiger partial charge in [0.2, 0.25) is 15.9 Å². The van der Waals surface area contributed by atoms with Crippen molar-refractivity contribution in [2.45, 2.75) is 50.7 Å². The fourth-order valence-electron chi connectivity index (χ4n) is 3.81. The lowest BCUT2D eigenvalue weighted by Gasteiger charge is -2.24. The van der Waals surface area contributed by atoms with Gasteiger partial charge in [-0.25, -0.2) is 13.1 Å². The van der Waals surface area contributed by atoms with E-state index in [2.05, 4.69) is 15.4 Å². The van der Waals surface area contributed by atoms with Crippen LogP contribution in [-0.4, -0.2) is 38.7 Å². The van der Waals surface area contributed by atoms with E-state index >= 15 is 0 Å². The number of hydrogen-bond donors (Lipinski definition) is 3. The molecule has 1 heterocycles. The number of benzene rings is 1. The van der Waals surface area contributed by atoms with Crippen LogP contribution in [-0.2, 0) is 21.4 Å². The van der Waals surface area contributed by atoms with Crippen LogP contribution in [0.5, 0.6) is 0 Å². The van der Waals surface area contributed by atoms with Crippen molar-refractivity contribution in [3.8, 4) is 0 Å². The molecule has 3 unspecified atom stereocenters. The molecule has 1 amide bonds. The summed E-state index contributed by atoms with van der Waals surface area (Å²) in [5.41, 5.74) is 0.910. The van der Waals surface area contributed by atoms with Crippen molar-refractivity contribution in [3.05, 3.63) is 35.9 Å². The molecule has 6 nitrogen and oxygen atoms in total. The van der Waals surface area contributed by atoms with Gasteiger partial charge >= 0.3 is 0 Å². The van der Waals surface area contributed by atoms with Crippen molar-refractivity contribution < 1.29 is 13.2 Å². The average Bonchev–Trinajstić information content (AvgIpc) is 3.05. The number of sulfonamides is 1. The second kappa shape index (κ2) is 8.29. The number of hydrogen-bond acceptors (Lipinski definition) is 4. The summed E-state index contributed by atoms with van der Waals surface area (Å²) in [5.74, 6) is 0.416. The summed E-state index contributed by atoms with van der Waals surface area (Å²) in [6.07, 6.45) is 5.69. The monoisotopic (exact) mass is 365 g/mol. The molecule has 0 radical (unpaired) electrons. The third kappa shape index (κ3) is 5.26. The number of rotatable bonds is 7. The van der Waals surface area contributed by atoms with Gasteiger partial charge in [-0.15, -0.1) is 0 Å². The molecule has 3 rings (SSSR count). The molecule has 3 N–H and O–H groups in total. The summed E-state index contributed by atoms with van der Waals surface area (Å²) in [7, 11) is -3.40. The number of amides is 1. The van der Waals surface area contributed by atoms with Crippen molar-refractivity contribution in [1.82, 2.24) is 15.4 Å². The molecular weight excluding hydrogens is 338 g/mol. The fraction of sp³-hybridized carbons (Fsp3) is 0.611. The Hall–Kier alpha value is -1.44. The van der Waals surface area contributed by atoms with Crippen LogP contribution >= 0.6 is 0 Å². The minimum absolute atomic E-state index is 0.0762. The van der Waals surface area contributed by atoms with Gasteiger partial charge in [0, 0.05) is 19.1 Å². The normalized spacial score (nSPS) is 26.2. The number of carbonyl (C=O) groups excluding carboxylic acids is 1. The summed E-state index contributed by atoms with van der Waals surface area (Å²) >= 11 is 0. The Kier molecular flexibility index (Phi) is 6.09. The topological polar surface area (TPSA) is 87.3 Å². The first-order valence-corrected chi connectivity index (χ1v) is 10.7. The van der Waals surface area contributed by atoms with Crippen LogP contribution < -0.4 is 15.4 Å². The second-order valence-electron chi connectivity index (χ2n) is 7.02. The highest BCUT2D eigenvalue weighted by Crippen LogP contribution is 2.33. The standard InChI is InChI=1S/C18H27N3O3S/c22-18(17-12-15-8-4-5-9-16(15)21-17)19-10-11-25(23,24)20-13-14-6-2-1-3-7-14/h1-3,6-7,15-17,20-21H,4-5,8-13H2,(H,19,22). The van der Waals surface area contributed by atoms with Crippen LogP contribution in [0.1, 0.15) is 37.7 Å². The zero-order chi connectivity index (χ0) is 17.7. The molecule has 138 valence electrons. The maximum atomic E-state index is 12.3. The Labute approximate surface area is 149 Å². The third-order valence-corrected chi connectivity index (χ3v) is 6.51. The minimum Gasteiger partial charge on any atom is -0.354 e. The lowest BCUT2D eigenvalue weighted by molar-refractivity contribution is -0.122. The Morgan fingerprint density at radius 3 is 2.68 bits per heavy atom. The molecular formula is C18H27N3O3S. The molecule has 1 aliphatic carbocycles. The summed E-state index contributed by atoms with van der Waals surface area (Å²) in [6, 6.07) is 9.66. The van der Waals surface area contributed by atoms with E-state index < -0.39 is 10.0 Å². The van der Waals surface area contributed by atoms with E-state index in [1.807, 2.05) is 30.3 Å². The molecule has 2 aliphatic rings. The van der Waals surface area contributed by atoms with Gasteiger partial charge in [0.25, 0.3) is 0 Å². The van der Waals surface area contributed by atoms with Crippen LogP contribution in [0.4, 0.5) is 0 Å². The van der Waals surface area contributed by atoms with E-state index in [0.29, 0.717) is 12.0 Å². The van der Waals surface area contributed by atoms with Gasteiger partial charge in [0.15, 0.2) is 0 Å². The first-order valence-electron chi connectivity index (χ1n) is 9.08. The van der Waals surface area contributed by atoms with Gasteiger partial charge in [-0.3, -0.25) is 4.79 Å². The molecule has 0 bridgehead atoms. The SMILES string of the molecule is O=C(NCCS(=O)(=O)NCc1ccccc1)C1CC2CCCCC2N1. The maximum Gasteiger partial charge on any atom is 0.237 e. The van der Waals surface area contributed by atoms with E-state index in [1.165, 1.54) is 19.3 Å². The van der Waals surface area contributed by atoms with Crippen LogP contribution in [0.15, 0.2) is 30.3 Å². The van der Waals surface area contributed by atoms with Crippen molar-refractivity contribution in [3.63, 3.8) is 0 Å². The summed E-state index contributed by atoms with van der Waals surface area (Å²) in [5, 5.41) is 6.18.